The van der Waals surface area contributed by atoms with E-state index >= 15 is 0 Å². The van der Waals surface area contributed by atoms with Crippen LogP contribution in [0.3, 0.4) is 0 Å². The molecule has 0 saturated heterocycles. The topological polar surface area (TPSA) is 32.7 Å². The van der Waals surface area contributed by atoms with Gasteiger partial charge in [-0.2, -0.15) is 0 Å². The highest BCUT2D eigenvalue weighted by atomic mass is 35.5. The molecule has 0 bridgehead atoms. The Morgan fingerprint density at radius 3 is 2.65 bits per heavy atom. The smallest absolute Gasteiger partial charge is 0.0817 e. The average molecular weight is 320 g/mol. The molecule has 3 nitrogen and oxygen atoms in total. The van der Waals surface area contributed by atoms with Crippen LogP contribution in [-0.2, 0) is 4.74 Å². The van der Waals surface area contributed by atoms with E-state index in [1.54, 1.807) is 12.1 Å². The third-order valence-corrected chi connectivity index (χ3v) is 4.10. The molecule has 1 N–H and O–H groups in total. The lowest BCUT2D eigenvalue weighted by Crippen LogP contribution is -2.29. The van der Waals surface area contributed by atoms with Gasteiger partial charge in [-0.1, -0.05) is 42.3 Å². The van der Waals surface area contributed by atoms with Crippen molar-refractivity contribution < 1.29 is 9.84 Å². The lowest BCUT2D eigenvalue weighted by Gasteiger charge is -2.22. The van der Waals surface area contributed by atoms with Crippen LogP contribution in [0.25, 0.3) is 0 Å². The molecule has 0 heterocycles. The Labute approximate surface area is 131 Å². The summed E-state index contributed by atoms with van der Waals surface area (Å²) in [7, 11) is 0. The molecular formula is C15H23Cl2NO2. The standard InChI is InChI=1S/C15H23Cl2NO2/c1-3-18(10-11-20-4-2)9-8-14(19)12-6-5-7-13(16)15(12)17/h5-7,14,19H,3-4,8-11H2,1-2H3. The summed E-state index contributed by atoms with van der Waals surface area (Å²) in [5.41, 5.74) is 0.694. The summed E-state index contributed by atoms with van der Waals surface area (Å²) < 4.78 is 5.35. The minimum atomic E-state index is -0.595. The molecule has 1 unspecified atom stereocenters. The second-order valence-corrected chi connectivity index (χ2v) is 5.36. The molecular weight excluding hydrogens is 297 g/mol. The van der Waals surface area contributed by atoms with Gasteiger partial charge in [-0.15, -0.1) is 0 Å². The van der Waals surface area contributed by atoms with Crippen molar-refractivity contribution in [3.8, 4) is 0 Å². The van der Waals surface area contributed by atoms with Crippen LogP contribution in [0.5, 0.6) is 0 Å². The highest BCUT2D eigenvalue weighted by Crippen LogP contribution is 2.31. The zero-order valence-corrected chi connectivity index (χ0v) is 13.6. The van der Waals surface area contributed by atoms with Gasteiger partial charge >= 0.3 is 0 Å². The lowest BCUT2D eigenvalue weighted by atomic mass is 10.1. The minimum absolute atomic E-state index is 0.444. The Morgan fingerprint density at radius 2 is 2.00 bits per heavy atom. The van der Waals surface area contributed by atoms with Gasteiger partial charge in [0.2, 0.25) is 0 Å². The maximum absolute atomic E-state index is 10.2. The third-order valence-electron chi connectivity index (χ3n) is 3.26. The van der Waals surface area contributed by atoms with Crippen LogP contribution >= 0.6 is 23.2 Å². The fourth-order valence-corrected chi connectivity index (χ4v) is 2.44. The predicted molar refractivity (Wildman–Crippen MR) is 84.6 cm³/mol. The van der Waals surface area contributed by atoms with E-state index in [-0.39, 0.29) is 0 Å². The number of nitrogens with zero attached hydrogens (tertiary/aromatic N) is 1. The van der Waals surface area contributed by atoms with Crippen molar-refractivity contribution in [2.75, 3.05) is 32.8 Å². The number of hydrogen-bond acceptors (Lipinski definition) is 3. The summed E-state index contributed by atoms with van der Waals surface area (Å²) >= 11 is 12.1. The maximum Gasteiger partial charge on any atom is 0.0817 e. The van der Waals surface area contributed by atoms with E-state index in [1.807, 2.05) is 13.0 Å². The molecule has 1 aromatic rings. The molecule has 0 aromatic heterocycles. The van der Waals surface area contributed by atoms with Crippen molar-refractivity contribution in [1.82, 2.24) is 4.90 Å². The number of aliphatic hydroxyl groups is 1. The van der Waals surface area contributed by atoms with Crippen LogP contribution in [0, 0.1) is 0 Å². The van der Waals surface area contributed by atoms with Gasteiger partial charge in [-0.05, 0) is 26.0 Å². The maximum atomic E-state index is 10.2. The third kappa shape index (κ3) is 5.58. The van der Waals surface area contributed by atoms with Crippen molar-refractivity contribution in [3.63, 3.8) is 0 Å². The monoisotopic (exact) mass is 319 g/mol. The molecule has 1 aromatic carbocycles. The van der Waals surface area contributed by atoms with Gasteiger partial charge in [0.05, 0.1) is 22.8 Å². The summed E-state index contributed by atoms with van der Waals surface area (Å²) in [6.45, 7) is 8.15. The summed E-state index contributed by atoms with van der Waals surface area (Å²) in [6.07, 6.45) is 0.0300. The normalized spacial score (nSPS) is 12.9. The minimum Gasteiger partial charge on any atom is -0.388 e. The quantitative estimate of drug-likeness (QED) is 0.703. The number of aliphatic hydroxyl groups excluding tert-OH is 1. The number of ether oxygens (including phenoxy) is 1. The van der Waals surface area contributed by atoms with Crippen molar-refractivity contribution in [2.24, 2.45) is 0 Å². The SMILES string of the molecule is CCOCCN(CC)CCC(O)c1cccc(Cl)c1Cl. The van der Waals surface area contributed by atoms with Crippen molar-refractivity contribution in [1.29, 1.82) is 0 Å². The molecule has 0 aliphatic heterocycles. The number of halogens is 2. The molecule has 0 fully saturated rings. The van der Waals surface area contributed by atoms with E-state index in [1.165, 1.54) is 0 Å². The summed E-state index contributed by atoms with van der Waals surface area (Å²) in [5, 5.41) is 11.2. The first-order valence-corrected chi connectivity index (χ1v) is 7.77. The number of benzene rings is 1. The first kappa shape index (κ1) is 17.7. The van der Waals surface area contributed by atoms with Crippen LogP contribution in [0.1, 0.15) is 31.9 Å². The van der Waals surface area contributed by atoms with E-state index in [0.29, 0.717) is 22.0 Å². The highest BCUT2D eigenvalue weighted by Gasteiger charge is 2.14. The Balaban J connectivity index is 2.48. The zero-order chi connectivity index (χ0) is 15.0. The molecule has 0 aliphatic carbocycles. The van der Waals surface area contributed by atoms with Gasteiger partial charge in [0, 0.05) is 25.3 Å². The number of likely N-dealkylation sites (N-methyl/N-ethyl adjacent to an activating group) is 1. The molecule has 20 heavy (non-hydrogen) atoms. The van der Waals surface area contributed by atoms with Gasteiger partial charge in [-0.3, -0.25) is 0 Å². The Kier molecular flexibility index (Phi) is 8.50. The Bertz CT molecular complexity index is 401. The second kappa shape index (κ2) is 9.59. The first-order valence-electron chi connectivity index (χ1n) is 7.02. The largest absolute Gasteiger partial charge is 0.388 e. The van der Waals surface area contributed by atoms with E-state index in [4.69, 9.17) is 27.9 Å². The molecule has 0 radical (unpaired) electrons. The highest BCUT2D eigenvalue weighted by molar-refractivity contribution is 6.42. The van der Waals surface area contributed by atoms with Gasteiger partial charge in [0.25, 0.3) is 0 Å². The molecule has 0 spiro atoms. The summed E-state index contributed by atoms with van der Waals surface area (Å²) in [5.74, 6) is 0. The lowest BCUT2D eigenvalue weighted by molar-refractivity contribution is 0.101. The summed E-state index contributed by atoms with van der Waals surface area (Å²) in [6, 6.07) is 5.34. The molecule has 0 amide bonds. The molecule has 114 valence electrons. The molecule has 1 rings (SSSR count). The molecule has 5 heteroatoms. The van der Waals surface area contributed by atoms with Gasteiger partial charge in [0.1, 0.15) is 0 Å². The van der Waals surface area contributed by atoms with Crippen LogP contribution < -0.4 is 0 Å². The summed E-state index contributed by atoms with van der Waals surface area (Å²) in [4.78, 5) is 2.25. The van der Waals surface area contributed by atoms with Crippen LogP contribution in [0.15, 0.2) is 18.2 Å². The van der Waals surface area contributed by atoms with E-state index in [2.05, 4.69) is 11.8 Å². The molecule has 1 atom stereocenters. The second-order valence-electron chi connectivity index (χ2n) is 4.58. The van der Waals surface area contributed by atoms with Crippen LogP contribution in [0.2, 0.25) is 10.0 Å². The van der Waals surface area contributed by atoms with Crippen LogP contribution in [0.4, 0.5) is 0 Å². The molecule has 0 saturated carbocycles. The fraction of sp³-hybridized carbons (Fsp3) is 0.600. The predicted octanol–water partition coefficient (Wildman–Crippen LogP) is 3.78. The van der Waals surface area contributed by atoms with Crippen molar-refractivity contribution in [3.05, 3.63) is 33.8 Å². The fourth-order valence-electron chi connectivity index (χ4n) is 2.00. The van der Waals surface area contributed by atoms with Crippen molar-refractivity contribution in [2.45, 2.75) is 26.4 Å². The zero-order valence-electron chi connectivity index (χ0n) is 12.1. The Morgan fingerprint density at radius 1 is 1.25 bits per heavy atom. The van der Waals surface area contributed by atoms with Gasteiger partial charge < -0.3 is 14.7 Å². The van der Waals surface area contributed by atoms with E-state index < -0.39 is 6.10 Å². The molecule has 0 aliphatic rings. The van der Waals surface area contributed by atoms with Gasteiger partial charge in [-0.25, -0.2) is 0 Å². The van der Waals surface area contributed by atoms with Crippen LogP contribution in [-0.4, -0.2) is 42.9 Å². The number of rotatable bonds is 9. The van der Waals surface area contributed by atoms with E-state index in [0.717, 1.165) is 32.8 Å². The van der Waals surface area contributed by atoms with Gasteiger partial charge in [0.15, 0.2) is 0 Å². The van der Waals surface area contributed by atoms with Crippen molar-refractivity contribution >= 4 is 23.2 Å². The number of hydrogen-bond donors (Lipinski definition) is 1. The Hall–Kier alpha value is -0.320. The van der Waals surface area contributed by atoms with E-state index in [9.17, 15) is 5.11 Å². The average Bonchev–Trinajstić information content (AvgIpc) is 2.45. The first-order chi connectivity index (χ1) is 9.60.